The minimum Gasteiger partial charge on any atom is -0.479 e. The number of thiazole rings is 1. The van der Waals surface area contributed by atoms with Crippen LogP contribution in [0.15, 0.2) is 23.8 Å². The molecular formula is C13H18N4OS. The van der Waals surface area contributed by atoms with E-state index < -0.39 is 0 Å². The van der Waals surface area contributed by atoms with E-state index in [0.29, 0.717) is 5.88 Å². The second kappa shape index (κ2) is 5.88. The lowest BCUT2D eigenvalue weighted by Crippen LogP contribution is -2.15. The van der Waals surface area contributed by atoms with Crippen LogP contribution in [-0.4, -0.2) is 31.2 Å². The summed E-state index contributed by atoms with van der Waals surface area (Å²) >= 11 is 1.63. The van der Waals surface area contributed by atoms with Gasteiger partial charge in [-0.3, -0.25) is 0 Å². The van der Waals surface area contributed by atoms with Crippen LogP contribution in [-0.2, 0) is 0 Å². The number of anilines is 2. The molecule has 2 rings (SSSR count). The first-order valence-electron chi connectivity index (χ1n) is 5.99. The molecule has 102 valence electrons. The first kappa shape index (κ1) is 13.6. The Hall–Kier alpha value is -1.82. The zero-order chi connectivity index (χ0) is 13.8. The molecule has 1 N–H and O–H groups in total. The number of ether oxygens (including phenoxy) is 1. The first-order valence-corrected chi connectivity index (χ1v) is 6.87. The summed E-state index contributed by atoms with van der Waals surface area (Å²) in [6.45, 7) is 2.07. The molecule has 2 aromatic rings. The van der Waals surface area contributed by atoms with Gasteiger partial charge in [-0.1, -0.05) is 0 Å². The maximum atomic E-state index is 5.34. The van der Waals surface area contributed by atoms with E-state index in [4.69, 9.17) is 4.74 Å². The highest BCUT2D eigenvalue weighted by Crippen LogP contribution is 2.35. The van der Waals surface area contributed by atoms with E-state index >= 15 is 0 Å². The summed E-state index contributed by atoms with van der Waals surface area (Å²) in [5.41, 5.74) is 1.92. The third-order valence-electron chi connectivity index (χ3n) is 2.75. The van der Waals surface area contributed by atoms with Gasteiger partial charge in [-0.2, -0.15) is 0 Å². The number of pyridine rings is 1. The summed E-state index contributed by atoms with van der Waals surface area (Å²) in [4.78, 5) is 10.6. The highest BCUT2D eigenvalue weighted by molar-refractivity contribution is 7.09. The molecule has 0 aliphatic carbocycles. The summed E-state index contributed by atoms with van der Waals surface area (Å²) in [5, 5.41) is 6.44. The molecule has 6 heteroatoms. The largest absolute Gasteiger partial charge is 0.479 e. The molecule has 1 atom stereocenters. The fraction of sp³-hybridized carbons (Fsp3) is 0.385. The molecule has 2 aromatic heterocycles. The maximum absolute atomic E-state index is 5.34. The van der Waals surface area contributed by atoms with Crippen LogP contribution < -0.4 is 15.0 Å². The molecular weight excluding hydrogens is 260 g/mol. The predicted octanol–water partition coefficient (Wildman–Crippen LogP) is 2.79. The van der Waals surface area contributed by atoms with Gasteiger partial charge in [-0.15, -0.1) is 11.3 Å². The van der Waals surface area contributed by atoms with Crippen molar-refractivity contribution in [3.8, 4) is 5.88 Å². The number of hydrogen-bond donors (Lipinski definition) is 1. The highest BCUT2D eigenvalue weighted by Gasteiger charge is 2.16. The van der Waals surface area contributed by atoms with Crippen molar-refractivity contribution in [1.82, 2.24) is 9.97 Å². The zero-order valence-corrected chi connectivity index (χ0v) is 12.4. The molecule has 5 nitrogen and oxygen atoms in total. The van der Waals surface area contributed by atoms with Crippen LogP contribution in [0.4, 0.5) is 11.4 Å². The second-order valence-electron chi connectivity index (χ2n) is 4.35. The van der Waals surface area contributed by atoms with Crippen molar-refractivity contribution in [2.45, 2.75) is 13.0 Å². The van der Waals surface area contributed by atoms with E-state index in [1.165, 1.54) is 0 Å². The average Bonchev–Trinajstić information content (AvgIpc) is 2.92. The van der Waals surface area contributed by atoms with Crippen LogP contribution in [0.25, 0.3) is 0 Å². The molecule has 0 saturated heterocycles. The van der Waals surface area contributed by atoms with Crippen LogP contribution in [0.1, 0.15) is 18.0 Å². The summed E-state index contributed by atoms with van der Waals surface area (Å²) in [7, 11) is 5.61. The number of nitrogens with one attached hydrogen (secondary N) is 1. The molecule has 0 radical (unpaired) electrons. The zero-order valence-electron chi connectivity index (χ0n) is 11.5. The fourth-order valence-electron chi connectivity index (χ4n) is 1.82. The Labute approximate surface area is 117 Å². The third kappa shape index (κ3) is 2.96. The number of nitrogens with zero attached hydrogens (tertiary/aromatic N) is 3. The first-order chi connectivity index (χ1) is 9.13. The van der Waals surface area contributed by atoms with E-state index in [1.54, 1.807) is 24.6 Å². The Bertz CT molecular complexity index is 527. The number of rotatable bonds is 5. The molecule has 0 aliphatic rings. The van der Waals surface area contributed by atoms with Crippen LogP contribution in [0.2, 0.25) is 0 Å². The van der Waals surface area contributed by atoms with Crippen LogP contribution in [0.3, 0.4) is 0 Å². The van der Waals surface area contributed by atoms with Gasteiger partial charge in [0.05, 0.1) is 18.8 Å². The average molecular weight is 278 g/mol. The van der Waals surface area contributed by atoms with E-state index in [9.17, 15) is 0 Å². The van der Waals surface area contributed by atoms with Crippen molar-refractivity contribution in [2.75, 3.05) is 31.4 Å². The van der Waals surface area contributed by atoms with Gasteiger partial charge in [0.15, 0.2) is 0 Å². The van der Waals surface area contributed by atoms with Crippen molar-refractivity contribution in [3.63, 3.8) is 0 Å². The third-order valence-corrected chi connectivity index (χ3v) is 3.71. The quantitative estimate of drug-likeness (QED) is 0.911. The standard InChI is InChI=1S/C13H18N4OS/c1-9(13-15-7-8-19-13)16-11-10(17(2)3)5-6-14-12(11)18-4/h5-9,16H,1-4H3. The SMILES string of the molecule is COc1nccc(N(C)C)c1NC(C)c1nccs1. The molecule has 0 aliphatic heterocycles. The van der Waals surface area contributed by atoms with Crippen molar-refractivity contribution in [3.05, 3.63) is 28.8 Å². The monoisotopic (exact) mass is 278 g/mol. The normalized spacial score (nSPS) is 12.0. The molecule has 0 fully saturated rings. The lowest BCUT2D eigenvalue weighted by atomic mass is 10.2. The minimum absolute atomic E-state index is 0.108. The van der Waals surface area contributed by atoms with Crippen LogP contribution in [0.5, 0.6) is 5.88 Å². The van der Waals surface area contributed by atoms with Gasteiger partial charge in [-0.25, -0.2) is 9.97 Å². The van der Waals surface area contributed by atoms with Gasteiger partial charge in [0, 0.05) is 31.9 Å². The van der Waals surface area contributed by atoms with Crippen LogP contribution in [0, 0.1) is 0 Å². The second-order valence-corrected chi connectivity index (χ2v) is 5.27. The Balaban J connectivity index is 2.32. The van der Waals surface area contributed by atoms with Gasteiger partial charge in [0.1, 0.15) is 10.7 Å². The Morgan fingerprint density at radius 1 is 1.32 bits per heavy atom. The van der Waals surface area contributed by atoms with E-state index in [0.717, 1.165) is 16.4 Å². The van der Waals surface area contributed by atoms with Gasteiger partial charge >= 0.3 is 0 Å². The number of aromatic nitrogens is 2. The molecule has 1 unspecified atom stereocenters. The summed E-state index contributed by atoms with van der Waals surface area (Å²) in [6, 6.07) is 2.07. The molecule has 0 bridgehead atoms. The Kier molecular flexibility index (Phi) is 4.21. The Morgan fingerprint density at radius 3 is 2.68 bits per heavy atom. The maximum Gasteiger partial charge on any atom is 0.239 e. The van der Waals surface area contributed by atoms with Crippen molar-refractivity contribution < 1.29 is 4.74 Å². The highest BCUT2D eigenvalue weighted by atomic mass is 32.1. The van der Waals surface area contributed by atoms with Gasteiger partial charge < -0.3 is 15.0 Å². The number of methoxy groups -OCH3 is 1. The summed E-state index contributed by atoms with van der Waals surface area (Å²) < 4.78 is 5.34. The van der Waals surface area contributed by atoms with Crippen molar-refractivity contribution in [2.24, 2.45) is 0 Å². The fourth-order valence-corrected chi connectivity index (χ4v) is 2.47. The molecule has 2 heterocycles. The summed E-state index contributed by atoms with van der Waals surface area (Å²) in [6.07, 6.45) is 3.55. The van der Waals surface area contributed by atoms with Crippen molar-refractivity contribution in [1.29, 1.82) is 0 Å². The van der Waals surface area contributed by atoms with E-state index in [1.807, 2.05) is 36.6 Å². The van der Waals surface area contributed by atoms with Gasteiger partial charge in [0.25, 0.3) is 0 Å². The topological polar surface area (TPSA) is 50.3 Å². The molecule has 0 spiro atoms. The molecule has 19 heavy (non-hydrogen) atoms. The summed E-state index contributed by atoms with van der Waals surface area (Å²) in [5.74, 6) is 0.592. The van der Waals surface area contributed by atoms with Crippen molar-refractivity contribution >= 4 is 22.7 Å². The van der Waals surface area contributed by atoms with E-state index in [-0.39, 0.29) is 6.04 Å². The molecule has 0 amide bonds. The van der Waals surface area contributed by atoms with Gasteiger partial charge in [-0.05, 0) is 13.0 Å². The minimum atomic E-state index is 0.108. The smallest absolute Gasteiger partial charge is 0.239 e. The predicted molar refractivity (Wildman–Crippen MR) is 79.3 cm³/mol. The molecule has 0 saturated carbocycles. The van der Waals surface area contributed by atoms with Gasteiger partial charge in [0.2, 0.25) is 5.88 Å². The lowest BCUT2D eigenvalue weighted by molar-refractivity contribution is 0.399. The molecule has 0 aromatic carbocycles. The van der Waals surface area contributed by atoms with E-state index in [2.05, 4.69) is 22.2 Å². The lowest BCUT2D eigenvalue weighted by Gasteiger charge is -2.22. The number of hydrogen-bond acceptors (Lipinski definition) is 6. The Morgan fingerprint density at radius 2 is 2.11 bits per heavy atom. The van der Waals surface area contributed by atoms with Crippen LogP contribution >= 0.6 is 11.3 Å².